The van der Waals surface area contributed by atoms with Gasteiger partial charge in [-0.2, -0.15) is 0 Å². The van der Waals surface area contributed by atoms with Gasteiger partial charge in [-0.25, -0.2) is 18.2 Å². The summed E-state index contributed by atoms with van der Waals surface area (Å²) in [5, 5.41) is 4.97. The van der Waals surface area contributed by atoms with Crippen LogP contribution in [0.25, 0.3) is 11.0 Å². The van der Waals surface area contributed by atoms with Crippen molar-refractivity contribution in [2.24, 2.45) is 0 Å². The highest BCUT2D eigenvalue weighted by Crippen LogP contribution is 2.20. The molecule has 140 valence electrons. The average molecular weight is 394 g/mol. The lowest BCUT2D eigenvalue weighted by Crippen LogP contribution is -2.34. The fourth-order valence-corrected chi connectivity index (χ4v) is 2.89. The summed E-state index contributed by atoms with van der Waals surface area (Å²) in [7, 11) is 0. The van der Waals surface area contributed by atoms with Crippen molar-refractivity contribution < 1.29 is 22.8 Å². The van der Waals surface area contributed by atoms with E-state index in [-0.39, 0.29) is 5.75 Å². The number of rotatable bonds is 6. The number of carbonyl (C=O) groups is 2. The van der Waals surface area contributed by atoms with Crippen molar-refractivity contribution >= 4 is 40.3 Å². The smallest absolute Gasteiger partial charge is 0.243 e. The SMILES string of the molecule is O=C(CSc1nc2ccccc2[nH]1)NCC(=O)Nc1ccc(F)c(F)c1F. The molecule has 3 rings (SSSR count). The van der Waals surface area contributed by atoms with E-state index in [0.717, 1.165) is 28.9 Å². The van der Waals surface area contributed by atoms with Gasteiger partial charge in [-0.3, -0.25) is 9.59 Å². The Hall–Kier alpha value is -3.01. The molecule has 3 aromatic rings. The second-order valence-corrected chi connectivity index (χ2v) is 6.36. The van der Waals surface area contributed by atoms with Crippen LogP contribution in [-0.2, 0) is 9.59 Å². The lowest BCUT2D eigenvalue weighted by molar-refractivity contribution is -0.122. The van der Waals surface area contributed by atoms with Gasteiger partial charge in [0.05, 0.1) is 29.0 Å². The molecule has 0 radical (unpaired) electrons. The first-order valence-electron chi connectivity index (χ1n) is 7.71. The highest BCUT2D eigenvalue weighted by Gasteiger charge is 2.15. The van der Waals surface area contributed by atoms with Gasteiger partial charge in [-0.05, 0) is 24.3 Å². The number of carbonyl (C=O) groups excluding carboxylic acids is 2. The molecule has 0 aliphatic rings. The number of hydrogen-bond acceptors (Lipinski definition) is 4. The monoisotopic (exact) mass is 394 g/mol. The Balaban J connectivity index is 1.47. The number of anilines is 1. The molecule has 0 saturated carbocycles. The van der Waals surface area contributed by atoms with Crippen molar-refractivity contribution in [2.45, 2.75) is 5.16 Å². The van der Waals surface area contributed by atoms with Crippen LogP contribution in [0.4, 0.5) is 18.9 Å². The summed E-state index contributed by atoms with van der Waals surface area (Å²) in [6.07, 6.45) is 0. The number of nitrogens with zero attached hydrogens (tertiary/aromatic N) is 1. The van der Waals surface area contributed by atoms with Crippen LogP contribution in [0.2, 0.25) is 0 Å². The number of H-pyrrole nitrogens is 1. The van der Waals surface area contributed by atoms with Gasteiger partial charge in [-0.15, -0.1) is 0 Å². The second-order valence-electron chi connectivity index (χ2n) is 5.40. The number of fused-ring (bicyclic) bond motifs is 1. The number of para-hydroxylation sites is 2. The molecule has 27 heavy (non-hydrogen) atoms. The number of nitrogens with one attached hydrogen (secondary N) is 3. The number of aromatic nitrogens is 2. The van der Waals surface area contributed by atoms with Crippen LogP contribution < -0.4 is 10.6 Å². The molecular formula is C17H13F3N4O2S. The van der Waals surface area contributed by atoms with E-state index in [1.54, 1.807) is 0 Å². The zero-order valence-electron chi connectivity index (χ0n) is 13.7. The van der Waals surface area contributed by atoms with Gasteiger partial charge in [0, 0.05) is 0 Å². The topological polar surface area (TPSA) is 86.9 Å². The molecule has 0 fully saturated rings. The van der Waals surface area contributed by atoms with E-state index in [1.807, 2.05) is 24.3 Å². The lowest BCUT2D eigenvalue weighted by Gasteiger charge is -2.08. The van der Waals surface area contributed by atoms with Crippen molar-refractivity contribution in [1.82, 2.24) is 15.3 Å². The summed E-state index contributed by atoms with van der Waals surface area (Å²) in [6, 6.07) is 8.97. The van der Waals surface area contributed by atoms with E-state index in [2.05, 4.69) is 20.6 Å². The van der Waals surface area contributed by atoms with E-state index < -0.39 is 41.5 Å². The molecule has 3 N–H and O–H groups in total. The Labute approximate surface area is 155 Å². The molecule has 0 atom stereocenters. The fraction of sp³-hybridized carbons (Fsp3) is 0.118. The standard InChI is InChI=1S/C17H13F3N4O2S/c18-9-5-6-12(16(20)15(9)19)22-13(25)7-21-14(26)8-27-17-23-10-3-1-2-4-11(10)24-17/h1-6H,7-8H2,(H,21,26)(H,22,25)(H,23,24). The molecule has 0 bridgehead atoms. The molecule has 0 saturated heterocycles. The molecular weight excluding hydrogens is 381 g/mol. The number of halogens is 3. The van der Waals surface area contributed by atoms with Crippen LogP contribution in [-0.4, -0.2) is 34.1 Å². The minimum atomic E-state index is -1.68. The minimum absolute atomic E-state index is 0.00659. The third kappa shape index (κ3) is 4.59. The quantitative estimate of drug-likeness (QED) is 0.443. The largest absolute Gasteiger partial charge is 0.346 e. The summed E-state index contributed by atoms with van der Waals surface area (Å²) in [6.45, 7) is -0.446. The summed E-state index contributed by atoms with van der Waals surface area (Å²) in [5.41, 5.74) is 1.10. The van der Waals surface area contributed by atoms with Crippen LogP contribution in [0, 0.1) is 17.5 Å². The van der Waals surface area contributed by atoms with Crippen molar-refractivity contribution in [3.05, 3.63) is 53.8 Å². The molecule has 6 nitrogen and oxygen atoms in total. The van der Waals surface area contributed by atoms with Gasteiger partial charge in [0.2, 0.25) is 11.8 Å². The number of amides is 2. The Morgan fingerprint density at radius 3 is 2.59 bits per heavy atom. The molecule has 0 aliphatic heterocycles. The number of hydrogen-bond donors (Lipinski definition) is 3. The highest BCUT2D eigenvalue weighted by atomic mass is 32.2. The summed E-state index contributed by atoms with van der Waals surface area (Å²) in [5.74, 6) is -5.76. The fourth-order valence-electron chi connectivity index (χ4n) is 2.18. The van der Waals surface area contributed by atoms with Gasteiger partial charge >= 0.3 is 0 Å². The van der Waals surface area contributed by atoms with Crippen molar-refractivity contribution in [1.29, 1.82) is 0 Å². The lowest BCUT2D eigenvalue weighted by atomic mass is 10.2. The molecule has 10 heteroatoms. The van der Waals surface area contributed by atoms with E-state index in [0.29, 0.717) is 11.2 Å². The van der Waals surface area contributed by atoms with Gasteiger partial charge in [0.25, 0.3) is 0 Å². The Morgan fingerprint density at radius 2 is 1.81 bits per heavy atom. The van der Waals surface area contributed by atoms with Gasteiger partial charge in [0.1, 0.15) is 0 Å². The Bertz CT molecular complexity index is 976. The van der Waals surface area contributed by atoms with Crippen molar-refractivity contribution in [3.63, 3.8) is 0 Å². The summed E-state index contributed by atoms with van der Waals surface area (Å²) in [4.78, 5) is 30.9. The maximum atomic E-state index is 13.5. The normalized spacial score (nSPS) is 10.8. The molecule has 0 unspecified atom stereocenters. The summed E-state index contributed by atoms with van der Waals surface area (Å²) >= 11 is 1.15. The molecule has 1 heterocycles. The van der Waals surface area contributed by atoms with Crippen LogP contribution in [0.3, 0.4) is 0 Å². The number of thioether (sulfide) groups is 1. The van der Waals surface area contributed by atoms with Crippen molar-refractivity contribution in [3.8, 4) is 0 Å². The molecule has 1 aromatic heterocycles. The number of aromatic amines is 1. The van der Waals surface area contributed by atoms with E-state index in [9.17, 15) is 22.8 Å². The van der Waals surface area contributed by atoms with Gasteiger partial charge in [-0.1, -0.05) is 23.9 Å². The molecule has 2 amide bonds. The van der Waals surface area contributed by atoms with Gasteiger partial charge < -0.3 is 15.6 Å². The maximum absolute atomic E-state index is 13.5. The molecule has 2 aromatic carbocycles. The van der Waals surface area contributed by atoms with Crippen LogP contribution in [0.15, 0.2) is 41.6 Å². The third-order valence-electron chi connectivity index (χ3n) is 3.46. The zero-order valence-corrected chi connectivity index (χ0v) is 14.5. The molecule has 0 aliphatic carbocycles. The number of imidazole rings is 1. The van der Waals surface area contributed by atoms with E-state index in [1.165, 1.54) is 0 Å². The first-order valence-corrected chi connectivity index (χ1v) is 8.70. The Kier molecular flexibility index (Phi) is 5.65. The Morgan fingerprint density at radius 1 is 1.04 bits per heavy atom. The number of benzene rings is 2. The van der Waals surface area contributed by atoms with E-state index >= 15 is 0 Å². The first kappa shape index (κ1) is 18.8. The molecule has 0 spiro atoms. The first-order chi connectivity index (χ1) is 12.9. The second kappa shape index (κ2) is 8.12. The predicted molar refractivity (Wildman–Crippen MR) is 94.8 cm³/mol. The van der Waals surface area contributed by atoms with Crippen LogP contribution >= 0.6 is 11.8 Å². The third-order valence-corrected chi connectivity index (χ3v) is 4.34. The minimum Gasteiger partial charge on any atom is -0.346 e. The predicted octanol–water partition coefficient (Wildman–Crippen LogP) is 2.83. The van der Waals surface area contributed by atoms with Gasteiger partial charge in [0.15, 0.2) is 22.6 Å². The maximum Gasteiger partial charge on any atom is 0.243 e. The average Bonchev–Trinajstić information content (AvgIpc) is 3.08. The van der Waals surface area contributed by atoms with Crippen LogP contribution in [0.5, 0.6) is 0 Å². The zero-order chi connectivity index (χ0) is 19.4. The van der Waals surface area contributed by atoms with Crippen LogP contribution in [0.1, 0.15) is 0 Å². The van der Waals surface area contributed by atoms with E-state index in [4.69, 9.17) is 0 Å². The van der Waals surface area contributed by atoms with Crippen molar-refractivity contribution in [2.75, 3.05) is 17.6 Å². The summed E-state index contributed by atoms with van der Waals surface area (Å²) < 4.78 is 39.4. The highest BCUT2D eigenvalue weighted by molar-refractivity contribution is 7.99.